The standard InChI is InChI=1S/C13H21NO2/c1-11(2)14-9-3-4-10-16-13-7-5-12(15)6-8-13/h5-8,11,14-15H,3-4,9-10H2,1-2H3. The summed E-state index contributed by atoms with van der Waals surface area (Å²) in [6.45, 7) is 6.06. The van der Waals surface area contributed by atoms with Crippen LogP contribution in [-0.4, -0.2) is 24.3 Å². The third-order valence-corrected chi connectivity index (χ3v) is 2.23. The Morgan fingerprint density at radius 2 is 1.88 bits per heavy atom. The van der Waals surface area contributed by atoms with Crippen LogP contribution in [0.15, 0.2) is 24.3 Å². The number of rotatable bonds is 7. The molecule has 0 aromatic heterocycles. The molecule has 0 aliphatic rings. The van der Waals surface area contributed by atoms with Crippen LogP contribution in [0.2, 0.25) is 0 Å². The highest BCUT2D eigenvalue weighted by atomic mass is 16.5. The molecule has 0 saturated heterocycles. The summed E-state index contributed by atoms with van der Waals surface area (Å²) in [7, 11) is 0. The minimum atomic E-state index is 0.272. The Labute approximate surface area is 97.4 Å². The van der Waals surface area contributed by atoms with E-state index in [1.54, 1.807) is 24.3 Å². The van der Waals surface area contributed by atoms with Gasteiger partial charge in [0.25, 0.3) is 0 Å². The molecule has 1 aromatic carbocycles. The van der Waals surface area contributed by atoms with E-state index >= 15 is 0 Å². The lowest BCUT2D eigenvalue weighted by Crippen LogP contribution is -2.23. The van der Waals surface area contributed by atoms with Crippen molar-refractivity contribution in [1.82, 2.24) is 5.32 Å². The van der Waals surface area contributed by atoms with Crippen molar-refractivity contribution in [3.63, 3.8) is 0 Å². The third kappa shape index (κ3) is 5.61. The highest BCUT2D eigenvalue weighted by molar-refractivity contribution is 5.29. The van der Waals surface area contributed by atoms with Gasteiger partial charge in [-0.2, -0.15) is 0 Å². The number of nitrogens with one attached hydrogen (secondary N) is 1. The number of ether oxygens (including phenoxy) is 1. The first-order chi connectivity index (χ1) is 7.68. The molecule has 0 heterocycles. The lowest BCUT2D eigenvalue weighted by Gasteiger charge is -2.08. The largest absolute Gasteiger partial charge is 0.508 e. The van der Waals surface area contributed by atoms with Crippen LogP contribution in [-0.2, 0) is 0 Å². The Bertz CT molecular complexity index is 282. The normalized spacial score (nSPS) is 10.7. The molecule has 0 spiro atoms. The van der Waals surface area contributed by atoms with Gasteiger partial charge in [-0.1, -0.05) is 13.8 Å². The molecule has 0 aliphatic carbocycles. The molecular weight excluding hydrogens is 202 g/mol. The van der Waals surface area contributed by atoms with Crippen LogP contribution in [0.1, 0.15) is 26.7 Å². The summed E-state index contributed by atoms with van der Waals surface area (Å²) in [6, 6.07) is 7.38. The summed E-state index contributed by atoms with van der Waals surface area (Å²) in [5.41, 5.74) is 0. The fraction of sp³-hybridized carbons (Fsp3) is 0.538. The van der Waals surface area contributed by atoms with Crippen molar-refractivity contribution in [2.75, 3.05) is 13.2 Å². The van der Waals surface area contributed by atoms with Gasteiger partial charge in [0, 0.05) is 6.04 Å². The number of hydrogen-bond donors (Lipinski definition) is 2. The molecule has 90 valence electrons. The Hall–Kier alpha value is -1.22. The van der Waals surface area contributed by atoms with Crippen LogP contribution in [0.4, 0.5) is 0 Å². The second kappa shape index (κ2) is 7.12. The van der Waals surface area contributed by atoms with E-state index in [4.69, 9.17) is 9.84 Å². The molecule has 0 bridgehead atoms. The molecule has 2 N–H and O–H groups in total. The van der Waals surface area contributed by atoms with Crippen molar-refractivity contribution < 1.29 is 9.84 Å². The topological polar surface area (TPSA) is 41.5 Å². The molecule has 0 unspecified atom stereocenters. The van der Waals surface area contributed by atoms with Crippen LogP contribution >= 0.6 is 0 Å². The zero-order valence-electron chi connectivity index (χ0n) is 10.1. The molecule has 16 heavy (non-hydrogen) atoms. The predicted octanol–water partition coefficient (Wildman–Crippen LogP) is 2.55. The van der Waals surface area contributed by atoms with Crippen molar-refractivity contribution in [3.05, 3.63) is 24.3 Å². The van der Waals surface area contributed by atoms with Crippen LogP contribution < -0.4 is 10.1 Å². The zero-order chi connectivity index (χ0) is 11.8. The molecule has 0 saturated carbocycles. The zero-order valence-corrected chi connectivity index (χ0v) is 10.1. The average Bonchev–Trinajstić information content (AvgIpc) is 2.25. The van der Waals surface area contributed by atoms with Gasteiger partial charge < -0.3 is 15.2 Å². The molecule has 0 aliphatic heterocycles. The first kappa shape index (κ1) is 12.8. The van der Waals surface area contributed by atoms with Crippen molar-refractivity contribution in [3.8, 4) is 11.5 Å². The number of hydrogen-bond acceptors (Lipinski definition) is 3. The van der Waals surface area contributed by atoms with Crippen molar-refractivity contribution >= 4 is 0 Å². The maximum atomic E-state index is 9.09. The molecule has 1 rings (SSSR count). The Morgan fingerprint density at radius 3 is 2.50 bits per heavy atom. The second-order valence-corrected chi connectivity index (χ2v) is 4.16. The van der Waals surface area contributed by atoms with Gasteiger partial charge in [0.05, 0.1) is 6.61 Å². The number of phenols is 1. The van der Waals surface area contributed by atoms with E-state index in [9.17, 15) is 0 Å². The molecule has 0 atom stereocenters. The van der Waals surface area contributed by atoms with Gasteiger partial charge in [0.15, 0.2) is 0 Å². The SMILES string of the molecule is CC(C)NCCCCOc1ccc(O)cc1. The quantitative estimate of drug-likeness (QED) is 0.698. The van der Waals surface area contributed by atoms with Gasteiger partial charge in [-0.15, -0.1) is 0 Å². The maximum absolute atomic E-state index is 9.09. The summed E-state index contributed by atoms with van der Waals surface area (Å²) in [5.74, 6) is 1.09. The van der Waals surface area contributed by atoms with Crippen LogP contribution in [0.25, 0.3) is 0 Å². The average molecular weight is 223 g/mol. The van der Waals surface area contributed by atoms with E-state index in [1.807, 2.05) is 0 Å². The minimum Gasteiger partial charge on any atom is -0.508 e. The predicted molar refractivity (Wildman–Crippen MR) is 66.0 cm³/mol. The highest BCUT2D eigenvalue weighted by Gasteiger charge is 1.95. The minimum absolute atomic E-state index is 0.272. The number of unbranched alkanes of at least 4 members (excludes halogenated alkanes) is 1. The van der Waals surface area contributed by atoms with E-state index in [-0.39, 0.29) is 5.75 Å². The second-order valence-electron chi connectivity index (χ2n) is 4.16. The molecule has 0 radical (unpaired) electrons. The van der Waals surface area contributed by atoms with E-state index in [0.717, 1.165) is 31.7 Å². The Balaban J connectivity index is 2.05. The van der Waals surface area contributed by atoms with Crippen LogP contribution in [0.3, 0.4) is 0 Å². The highest BCUT2D eigenvalue weighted by Crippen LogP contribution is 2.15. The van der Waals surface area contributed by atoms with Crippen LogP contribution in [0.5, 0.6) is 11.5 Å². The van der Waals surface area contributed by atoms with Crippen molar-refractivity contribution in [1.29, 1.82) is 0 Å². The molecule has 1 aromatic rings. The maximum Gasteiger partial charge on any atom is 0.119 e. The smallest absolute Gasteiger partial charge is 0.119 e. The van der Waals surface area contributed by atoms with Gasteiger partial charge in [-0.05, 0) is 43.7 Å². The van der Waals surface area contributed by atoms with Gasteiger partial charge in [0.1, 0.15) is 11.5 Å². The Kier molecular flexibility index (Phi) is 5.72. The number of phenolic OH excluding ortho intramolecular Hbond substituents is 1. The fourth-order valence-corrected chi connectivity index (χ4v) is 1.35. The molecular formula is C13H21NO2. The third-order valence-electron chi connectivity index (χ3n) is 2.23. The van der Waals surface area contributed by atoms with Gasteiger partial charge in [0.2, 0.25) is 0 Å². The first-order valence-electron chi connectivity index (χ1n) is 5.83. The fourth-order valence-electron chi connectivity index (χ4n) is 1.35. The van der Waals surface area contributed by atoms with Gasteiger partial charge in [-0.3, -0.25) is 0 Å². The van der Waals surface area contributed by atoms with E-state index in [1.165, 1.54) is 0 Å². The van der Waals surface area contributed by atoms with Crippen molar-refractivity contribution in [2.24, 2.45) is 0 Å². The monoisotopic (exact) mass is 223 g/mol. The number of benzene rings is 1. The molecule has 0 amide bonds. The summed E-state index contributed by atoms with van der Waals surface area (Å²) in [4.78, 5) is 0. The van der Waals surface area contributed by atoms with Crippen LogP contribution in [0, 0.1) is 0 Å². The van der Waals surface area contributed by atoms with E-state index in [0.29, 0.717) is 6.04 Å². The van der Waals surface area contributed by atoms with E-state index < -0.39 is 0 Å². The lowest BCUT2D eigenvalue weighted by atomic mass is 10.3. The van der Waals surface area contributed by atoms with Crippen molar-refractivity contribution in [2.45, 2.75) is 32.7 Å². The molecule has 0 fully saturated rings. The summed E-state index contributed by atoms with van der Waals surface area (Å²) >= 11 is 0. The van der Waals surface area contributed by atoms with Gasteiger partial charge >= 0.3 is 0 Å². The van der Waals surface area contributed by atoms with Gasteiger partial charge in [-0.25, -0.2) is 0 Å². The Morgan fingerprint density at radius 1 is 1.19 bits per heavy atom. The molecule has 3 nitrogen and oxygen atoms in total. The lowest BCUT2D eigenvalue weighted by molar-refractivity contribution is 0.304. The number of aromatic hydroxyl groups is 1. The molecule has 3 heteroatoms. The van der Waals surface area contributed by atoms with E-state index in [2.05, 4.69) is 19.2 Å². The summed E-state index contributed by atoms with van der Waals surface area (Å²) < 4.78 is 5.53. The summed E-state index contributed by atoms with van der Waals surface area (Å²) in [6.07, 6.45) is 2.16. The summed E-state index contributed by atoms with van der Waals surface area (Å²) in [5, 5.41) is 12.4. The first-order valence-corrected chi connectivity index (χ1v) is 5.83.